The molecule has 0 aromatic rings. The van der Waals surface area contributed by atoms with Gasteiger partial charge in [-0.2, -0.15) is 35.3 Å². The maximum absolute atomic E-state index is 2.46. The molecule has 8 unspecified atom stereocenters. The summed E-state index contributed by atoms with van der Waals surface area (Å²) in [7, 11) is 0. The first-order valence-electron chi connectivity index (χ1n) is 7.38. The van der Waals surface area contributed by atoms with Crippen molar-refractivity contribution < 1.29 is 0 Å². The van der Waals surface area contributed by atoms with Crippen molar-refractivity contribution in [2.24, 2.45) is 11.8 Å². The third-order valence-electron chi connectivity index (χ3n) is 5.80. The Kier molecular flexibility index (Phi) is 2.40. The van der Waals surface area contributed by atoms with Crippen LogP contribution in [0.2, 0.25) is 0 Å². The predicted molar refractivity (Wildman–Crippen MR) is 80.2 cm³/mol. The second kappa shape index (κ2) is 3.79. The molecule has 0 radical (unpaired) electrons. The van der Waals surface area contributed by atoms with Crippen molar-refractivity contribution in [2.75, 3.05) is 0 Å². The van der Waals surface area contributed by atoms with Gasteiger partial charge < -0.3 is 0 Å². The summed E-state index contributed by atoms with van der Waals surface area (Å²) < 4.78 is 0. The molecular weight excluding hydrogens is 264 g/mol. The Morgan fingerprint density at radius 3 is 1.59 bits per heavy atom. The van der Waals surface area contributed by atoms with Crippen LogP contribution in [-0.4, -0.2) is 31.5 Å². The Morgan fingerprint density at radius 1 is 0.529 bits per heavy atom. The molecular formula is C14H20S3. The first kappa shape index (κ1) is 10.8. The van der Waals surface area contributed by atoms with Crippen LogP contribution in [-0.2, 0) is 0 Å². The monoisotopic (exact) mass is 284 g/mol. The SMILES string of the molecule is C1CC2SC3C(SC4C5CCCC5SC43)C2C1. The van der Waals surface area contributed by atoms with Crippen LogP contribution < -0.4 is 0 Å². The van der Waals surface area contributed by atoms with Crippen molar-refractivity contribution >= 4 is 35.3 Å². The summed E-state index contributed by atoms with van der Waals surface area (Å²) in [6, 6.07) is 0. The molecule has 0 aromatic carbocycles. The normalized spacial score (nSPS) is 63.5. The Labute approximate surface area is 117 Å². The molecule has 0 bridgehead atoms. The smallest absolute Gasteiger partial charge is 0.0302 e. The van der Waals surface area contributed by atoms with E-state index < -0.39 is 0 Å². The van der Waals surface area contributed by atoms with Crippen molar-refractivity contribution in [1.82, 2.24) is 0 Å². The van der Waals surface area contributed by atoms with Gasteiger partial charge in [0.1, 0.15) is 0 Å². The Bertz CT molecular complexity index is 312. The second-order valence-electron chi connectivity index (χ2n) is 6.53. The molecule has 3 heteroatoms. The zero-order chi connectivity index (χ0) is 11.0. The maximum Gasteiger partial charge on any atom is 0.0302 e. The molecule has 94 valence electrons. The molecule has 0 N–H and O–H groups in total. The summed E-state index contributed by atoms with van der Waals surface area (Å²) >= 11 is 7.31. The van der Waals surface area contributed by atoms with Gasteiger partial charge in [-0.05, 0) is 37.5 Å². The van der Waals surface area contributed by atoms with Gasteiger partial charge in [0.25, 0.3) is 0 Å². The van der Waals surface area contributed by atoms with Gasteiger partial charge in [-0.15, -0.1) is 0 Å². The average Bonchev–Trinajstić information content (AvgIpc) is 2.99. The van der Waals surface area contributed by atoms with Crippen LogP contribution in [0.1, 0.15) is 38.5 Å². The Balaban J connectivity index is 1.44. The van der Waals surface area contributed by atoms with Crippen LogP contribution in [0.5, 0.6) is 0 Å². The molecule has 2 aliphatic carbocycles. The van der Waals surface area contributed by atoms with Crippen molar-refractivity contribution in [1.29, 1.82) is 0 Å². The number of fused-ring (bicyclic) bond motifs is 7. The lowest BCUT2D eigenvalue weighted by atomic mass is 9.95. The average molecular weight is 285 g/mol. The Hall–Kier alpha value is 1.05. The van der Waals surface area contributed by atoms with Crippen LogP contribution in [0.15, 0.2) is 0 Å². The molecule has 5 fully saturated rings. The molecule has 0 amide bonds. The number of thioether (sulfide) groups is 3. The standard InChI is InChI=1S/C14H20S3/c1-3-7-9(5-1)15-13-11(7)17-12-8-4-2-6-10(8)16-14(12)13/h7-14H,1-6H2. The number of rotatable bonds is 0. The van der Waals surface area contributed by atoms with Crippen molar-refractivity contribution in [2.45, 2.75) is 70.0 Å². The molecule has 5 rings (SSSR count). The van der Waals surface area contributed by atoms with E-state index in [9.17, 15) is 0 Å². The second-order valence-corrected chi connectivity index (χ2v) is 10.7. The van der Waals surface area contributed by atoms with Crippen molar-refractivity contribution in [3.05, 3.63) is 0 Å². The summed E-state index contributed by atoms with van der Waals surface area (Å²) in [6.45, 7) is 0. The first-order valence-corrected chi connectivity index (χ1v) is 10.2. The summed E-state index contributed by atoms with van der Waals surface area (Å²) in [5, 5.41) is 6.37. The van der Waals surface area contributed by atoms with E-state index in [1.165, 1.54) is 25.7 Å². The minimum Gasteiger partial charge on any atom is -0.152 e. The summed E-state index contributed by atoms with van der Waals surface area (Å²) in [5.74, 6) is 2.22. The van der Waals surface area contributed by atoms with E-state index in [0.29, 0.717) is 0 Å². The molecule has 0 nitrogen and oxygen atoms in total. The summed E-state index contributed by atoms with van der Waals surface area (Å²) in [5.41, 5.74) is 0. The quantitative estimate of drug-likeness (QED) is 0.659. The molecule has 8 atom stereocenters. The van der Waals surface area contributed by atoms with Crippen LogP contribution in [0.25, 0.3) is 0 Å². The molecule has 17 heavy (non-hydrogen) atoms. The van der Waals surface area contributed by atoms with Crippen LogP contribution in [0, 0.1) is 11.8 Å². The van der Waals surface area contributed by atoms with E-state index in [1.807, 2.05) is 0 Å². The lowest BCUT2D eigenvalue weighted by Crippen LogP contribution is -2.24. The van der Waals surface area contributed by atoms with E-state index in [1.54, 1.807) is 12.8 Å². The maximum atomic E-state index is 2.46. The van der Waals surface area contributed by atoms with Gasteiger partial charge in [-0.25, -0.2) is 0 Å². The van der Waals surface area contributed by atoms with E-state index >= 15 is 0 Å². The van der Waals surface area contributed by atoms with Crippen molar-refractivity contribution in [3.63, 3.8) is 0 Å². The molecule has 0 spiro atoms. The molecule has 0 aromatic heterocycles. The van der Waals surface area contributed by atoms with E-state index in [2.05, 4.69) is 35.3 Å². The molecule has 5 aliphatic rings. The minimum atomic E-state index is 1.05. The van der Waals surface area contributed by atoms with Crippen LogP contribution >= 0.6 is 35.3 Å². The van der Waals surface area contributed by atoms with Gasteiger partial charge in [-0.1, -0.05) is 12.8 Å². The lowest BCUT2D eigenvalue weighted by molar-refractivity contribution is 0.538. The van der Waals surface area contributed by atoms with Gasteiger partial charge in [0.15, 0.2) is 0 Å². The van der Waals surface area contributed by atoms with Crippen molar-refractivity contribution in [3.8, 4) is 0 Å². The number of hydrogen-bond donors (Lipinski definition) is 0. The molecule has 3 aliphatic heterocycles. The highest BCUT2D eigenvalue weighted by Crippen LogP contribution is 2.67. The molecule has 2 saturated carbocycles. The fourth-order valence-corrected chi connectivity index (χ4v) is 12.5. The topological polar surface area (TPSA) is 0 Å². The lowest BCUT2D eigenvalue weighted by Gasteiger charge is -2.20. The van der Waals surface area contributed by atoms with Crippen LogP contribution in [0.3, 0.4) is 0 Å². The highest BCUT2D eigenvalue weighted by atomic mass is 32.2. The van der Waals surface area contributed by atoms with Gasteiger partial charge in [0.2, 0.25) is 0 Å². The molecule has 3 heterocycles. The highest BCUT2D eigenvalue weighted by molar-refractivity contribution is 8.10. The highest BCUT2D eigenvalue weighted by Gasteiger charge is 2.61. The third-order valence-corrected chi connectivity index (χ3v) is 11.9. The van der Waals surface area contributed by atoms with Gasteiger partial charge in [0.05, 0.1) is 0 Å². The van der Waals surface area contributed by atoms with Gasteiger partial charge >= 0.3 is 0 Å². The molecule has 3 saturated heterocycles. The van der Waals surface area contributed by atoms with Gasteiger partial charge in [-0.3, -0.25) is 0 Å². The predicted octanol–water partition coefficient (Wildman–Crippen LogP) is 4.04. The minimum absolute atomic E-state index is 1.05. The zero-order valence-electron chi connectivity index (χ0n) is 10.1. The van der Waals surface area contributed by atoms with E-state index in [0.717, 1.165) is 43.3 Å². The number of hydrogen-bond acceptors (Lipinski definition) is 3. The fraction of sp³-hybridized carbons (Fsp3) is 1.00. The van der Waals surface area contributed by atoms with E-state index in [4.69, 9.17) is 0 Å². The fourth-order valence-electron chi connectivity index (χ4n) is 5.11. The Morgan fingerprint density at radius 2 is 1.06 bits per heavy atom. The third kappa shape index (κ3) is 1.37. The van der Waals surface area contributed by atoms with E-state index in [-0.39, 0.29) is 0 Å². The summed E-state index contributed by atoms with van der Waals surface area (Å²) in [6.07, 6.45) is 9.25. The van der Waals surface area contributed by atoms with Crippen LogP contribution in [0.4, 0.5) is 0 Å². The zero-order valence-corrected chi connectivity index (χ0v) is 12.5. The first-order chi connectivity index (χ1) is 8.42. The largest absolute Gasteiger partial charge is 0.152 e. The van der Waals surface area contributed by atoms with Gasteiger partial charge in [0, 0.05) is 31.5 Å². The summed E-state index contributed by atoms with van der Waals surface area (Å²) in [4.78, 5) is 0.